The first-order chi connectivity index (χ1) is 8.52. The van der Waals surface area contributed by atoms with Crippen molar-refractivity contribution in [2.24, 2.45) is 5.92 Å². The standard InChI is InChI=1S/C12H16N2O4/c1-3-12(7-15)8(2)6-10(18-12)14-5-4-9(16)13-11(14)17/h4-5,7-8,10H,3,6H2,1-2H3,(H,13,16,17)/t8-,10+,12-/m0/s1. The molecule has 3 atom stereocenters. The van der Waals surface area contributed by atoms with Crippen LogP contribution in [0.3, 0.4) is 0 Å². The highest BCUT2D eigenvalue weighted by Crippen LogP contribution is 2.41. The number of ether oxygens (including phenoxy) is 1. The maximum Gasteiger partial charge on any atom is 0.330 e. The molecule has 1 saturated heterocycles. The monoisotopic (exact) mass is 252 g/mol. The Morgan fingerprint density at radius 1 is 1.61 bits per heavy atom. The first-order valence-electron chi connectivity index (χ1n) is 5.98. The number of nitrogens with one attached hydrogen (secondary N) is 1. The quantitative estimate of drug-likeness (QED) is 0.791. The molecule has 1 N–H and O–H groups in total. The summed E-state index contributed by atoms with van der Waals surface area (Å²) in [5, 5.41) is 0. The molecule has 0 unspecified atom stereocenters. The van der Waals surface area contributed by atoms with E-state index in [1.54, 1.807) is 0 Å². The summed E-state index contributed by atoms with van der Waals surface area (Å²) in [4.78, 5) is 36.0. The van der Waals surface area contributed by atoms with Crippen LogP contribution in [0.4, 0.5) is 0 Å². The Labute approximate surface area is 104 Å². The molecule has 0 amide bonds. The van der Waals surface area contributed by atoms with E-state index < -0.39 is 23.1 Å². The molecule has 1 aliphatic rings. The van der Waals surface area contributed by atoms with Crippen LogP contribution in [0.2, 0.25) is 0 Å². The van der Waals surface area contributed by atoms with Gasteiger partial charge in [-0.2, -0.15) is 0 Å². The van der Waals surface area contributed by atoms with Gasteiger partial charge in [-0.1, -0.05) is 13.8 Å². The summed E-state index contributed by atoms with van der Waals surface area (Å²) in [6.45, 7) is 3.80. The molecule has 18 heavy (non-hydrogen) atoms. The Balaban J connectivity index is 2.35. The number of H-pyrrole nitrogens is 1. The van der Waals surface area contributed by atoms with E-state index in [9.17, 15) is 14.4 Å². The topological polar surface area (TPSA) is 81.2 Å². The van der Waals surface area contributed by atoms with E-state index in [4.69, 9.17) is 4.74 Å². The average Bonchev–Trinajstić information content (AvgIpc) is 2.67. The van der Waals surface area contributed by atoms with Gasteiger partial charge in [0.15, 0.2) is 6.29 Å². The van der Waals surface area contributed by atoms with Crippen molar-refractivity contribution >= 4 is 6.29 Å². The number of hydrogen-bond donors (Lipinski definition) is 1. The molecule has 0 aromatic carbocycles. The summed E-state index contributed by atoms with van der Waals surface area (Å²) in [6.07, 6.45) is 2.84. The van der Waals surface area contributed by atoms with Crippen molar-refractivity contribution in [2.75, 3.05) is 0 Å². The van der Waals surface area contributed by atoms with Gasteiger partial charge in [-0.3, -0.25) is 14.3 Å². The highest BCUT2D eigenvalue weighted by molar-refractivity contribution is 5.63. The Kier molecular flexibility index (Phi) is 3.21. The first-order valence-corrected chi connectivity index (χ1v) is 5.98. The van der Waals surface area contributed by atoms with E-state index in [0.717, 1.165) is 6.29 Å². The van der Waals surface area contributed by atoms with E-state index >= 15 is 0 Å². The zero-order chi connectivity index (χ0) is 13.3. The molecule has 1 aliphatic heterocycles. The van der Waals surface area contributed by atoms with E-state index in [1.165, 1.54) is 16.8 Å². The van der Waals surface area contributed by atoms with Crippen LogP contribution in [0.15, 0.2) is 21.9 Å². The Hall–Kier alpha value is -1.69. The molecule has 1 aromatic heterocycles. The van der Waals surface area contributed by atoms with Crippen LogP contribution in [0, 0.1) is 5.92 Å². The normalized spacial score (nSPS) is 31.4. The number of carbonyl (C=O) groups excluding carboxylic acids is 1. The molecule has 2 rings (SSSR count). The summed E-state index contributed by atoms with van der Waals surface area (Å²) < 4.78 is 7.06. The fourth-order valence-corrected chi connectivity index (χ4v) is 2.40. The molecule has 0 bridgehead atoms. The fourth-order valence-electron chi connectivity index (χ4n) is 2.40. The molecule has 2 heterocycles. The minimum atomic E-state index is -0.833. The van der Waals surface area contributed by atoms with Gasteiger partial charge < -0.3 is 9.53 Å². The minimum Gasteiger partial charge on any atom is -0.344 e. The molecule has 0 radical (unpaired) electrons. The van der Waals surface area contributed by atoms with Crippen molar-refractivity contribution in [3.05, 3.63) is 33.1 Å². The second-order valence-corrected chi connectivity index (χ2v) is 4.65. The smallest absolute Gasteiger partial charge is 0.330 e. The molecule has 6 nitrogen and oxygen atoms in total. The van der Waals surface area contributed by atoms with Crippen molar-refractivity contribution in [1.82, 2.24) is 9.55 Å². The summed E-state index contributed by atoms with van der Waals surface area (Å²) in [5.74, 6) is 0.0313. The van der Waals surface area contributed by atoms with Gasteiger partial charge in [0, 0.05) is 12.3 Å². The van der Waals surface area contributed by atoms with Gasteiger partial charge in [-0.05, 0) is 18.8 Å². The molecule has 98 valence electrons. The first kappa shape index (κ1) is 12.8. The maximum absolute atomic E-state index is 11.7. The minimum absolute atomic E-state index is 0.0313. The van der Waals surface area contributed by atoms with Gasteiger partial charge in [0.05, 0.1) is 0 Å². The molecular weight excluding hydrogens is 236 g/mol. The van der Waals surface area contributed by atoms with Crippen molar-refractivity contribution in [3.63, 3.8) is 0 Å². The third-order valence-electron chi connectivity index (χ3n) is 3.66. The second kappa shape index (κ2) is 4.53. The number of carbonyl (C=O) groups is 1. The number of nitrogens with zero attached hydrogens (tertiary/aromatic N) is 1. The van der Waals surface area contributed by atoms with Gasteiger partial charge in [-0.25, -0.2) is 4.79 Å². The Morgan fingerprint density at radius 3 is 2.83 bits per heavy atom. The largest absolute Gasteiger partial charge is 0.344 e. The van der Waals surface area contributed by atoms with Crippen molar-refractivity contribution in [1.29, 1.82) is 0 Å². The van der Waals surface area contributed by atoms with Crippen molar-refractivity contribution in [3.8, 4) is 0 Å². The summed E-state index contributed by atoms with van der Waals surface area (Å²) in [7, 11) is 0. The van der Waals surface area contributed by atoms with Crippen LogP contribution in [0.25, 0.3) is 0 Å². The van der Waals surface area contributed by atoms with Gasteiger partial charge in [0.2, 0.25) is 0 Å². The zero-order valence-corrected chi connectivity index (χ0v) is 10.4. The number of hydrogen-bond acceptors (Lipinski definition) is 4. The molecule has 1 fully saturated rings. The number of aromatic nitrogens is 2. The summed E-state index contributed by atoms with van der Waals surface area (Å²) in [5.41, 5.74) is -1.79. The molecule has 1 aromatic rings. The van der Waals surface area contributed by atoms with Gasteiger partial charge >= 0.3 is 5.69 Å². The average molecular weight is 252 g/mol. The Morgan fingerprint density at radius 2 is 2.33 bits per heavy atom. The van der Waals surface area contributed by atoms with Crippen molar-refractivity contribution in [2.45, 2.75) is 38.5 Å². The number of rotatable bonds is 3. The van der Waals surface area contributed by atoms with Crippen LogP contribution in [-0.4, -0.2) is 21.4 Å². The zero-order valence-electron chi connectivity index (χ0n) is 10.4. The molecular formula is C12H16N2O4. The lowest BCUT2D eigenvalue weighted by atomic mass is 9.88. The highest BCUT2D eigenvalue weighted by atomic mass is 16.5. The van der Waals surface area contributed by atoms with E-state index in [2.05, 4.69) is 4.98 Å². The van der Waals surface area contributed by atoms with E-state index in [0.29, 0.717) is 12.8 Å². The van der Waals surface area contributed by atoms with Crippen LogP contribution in [0.1, 0.15) is 32.9 Å². The number of aldehydes is 1. The maximum atomic E-state index is 11.7. The van der Waals surface area contributed by atoms with E-state index in [-0.39, 0.29) is 5.92 Å². The summed E-state index contributed by atoms with van der Waals surface area (Å²) >= 11 is 0. The van der Waals surface area contributed by atoms with Crippen LogP contribution in [-0.2, 0) is 9.53 Å². The lowest BCUT2D eigenvalue weighted by Crippen LogP contribution is -2.36. The van der Waals surface area contributed by atoms with E-state index in [1.807, 2.05) is 13.8 Å². The van der Waals surface area contributed by atoms with Crippen molar-refractivity contribution < 1.29 is 9.53 Å². The summed E-state index contributed by atoms with van der Waals surface area (Å²) in [6, 6.07) is 1.27. The lowest BCUT2D eigenvalue weighted by molar-refractivity contribution is -0.138. The SMILES string of the molecule is CC[C@@]1(C=O)O[C@@H](n2ccc(=O)[nH]c2=O)C[C@@H]1C. The van der Waals surface area contributed by atoms with Crippen LogP contribution < -0.4 is 11.2 Å². The molecule has 0 spiro atoms. The third kappa shape index (κ3) is 1.92. The molecule has 0 aliphatic carbocycles. The van der Waals surface area contributed by atoms with Crippen LogP contribution >= 0.6 is 0 Å². The van der Waals surface area contributed by atoms with Gasteiger partial charge in [0.25, 0.3) is 5.56 Å². The van der Waals surface area contributed by atoms with Crippen LogP contribution in [0.5, 0.6) is 0 Å². The lowest BCUT2D eigenvalue weighted by Gasteiger charge is -2.25. The fraction of sp³-hybridized carbons (Fsp3) is 0.583. The number of aromatic amines is 1. The van der Waals surface area contributed by atoms with Gasteiger partial charge in [-0.15, -0.1) is 0 Å². The second-order valence-electron chi connectivity index (χ2n) is 4.65. The predicted molar refractivity (Wildman–Crippen MR) is 64.3 cm³/mol. The highest BCUT2D eigenvalue weighted by Gasteiger charge is 2.45. The van der Waals surface area contributed by atoms with Gasteiger partial charge in [0.1, 0.15) is 11.8 Å². The third-order valence-corrected chi connectivity index (χ3v) is 3.66. The molecule has 6 heteroatoms. The Bertz CT molecular complexity index is 562. The molecule has 0 saturated carbocycles. The predicted octanol–water partition coefficient (Wildman–Crippen LogP) is 0.439.